The van der Waals surface area contributed by atoms with Gasteiger partial charge in [0.15, 0.2) is 0 Å². The van der Waals surface area contributed by atoms with Crippen LogP contribution in [-0.4, -0.2) is 31.9 Å². The third-order valence-electron chi connectivity index (χ3n) is 3.59. The van der Waals surface area contributed by atoms with Crippen molar-refractivity contribution in [1.29, 1.82) is 0 Å². The van der Waals surface area contributed by atoms with Crippen molar-refractivity contribution in [1.82, 2.24) is 4.31 Å². The molecule has 114 valence electrons. The van der Waals surface area contributed by atoms with Crippen LogP contribution in [0.5, 0.6) is 0 Å². The minimum atomic E-state index is -3.56. The van der Waals surface area contributed by atoms with Gasteiger partial charge in [-0.15, -0.1) is 12.4 Å². The fourth-order valence-electron chi connectivity index (χ4n) is 2.47. The fourth-order valence-corrected chi connectivity index (χ4v) is 4.73. The molecule has 1 atom stereocenters. The van der Waals surface area contributed by atoms with E-state index in [1.807, 2.05) is 0 Å². The maximum atomic E-state index is 12.7. The number of sulfonamides is 1. The van der Waals surface area contributed by atoms with Gasteiger partial charge in [-0.25, -0.2) is 8.42 Å². The lowest BCUT2D eigenvalue weighted by molar-refractivity contribution is 0.257. The molecule has 0 spiro atoms. The lowest BCUT2D eigenvalue weighted by Crippen LogP contribution is -2.47. The molecular formula is C13H20Cl2N2O2S. The number of halogens is 2. The van der Waals surface area contributed by atoms with E-state index in [4.69, 9.17) is 17.3 Å². The van der Waals surface area contributed by atoms with Gasteiger partial charge < -0.3 is 5.73 Å². The zero-order chi connectivity index (χ0) is 14.0. The number of hydrogen-bond acceptors (Lipinski definition) is 3. The molecule has 0 bridgehead atoms. The molecule has 2 N–H and O–H groups in total. The Morgan fingerprint density at radius 3 is 2.75 bits per heavy atom. The number of aryl methyl sites for hydroxylation is 1. The Kier molecular flexibility index (Phi) is 6.28. The summed E-state index contributed by atoms with van der Waals surface area (Å²) in [5.74, 6) is 0. The van der Waals surface area contributed by atoms with Gasteiger partial charge in [-0.05, 0) is 31.4 Å². The maximum absolute atomic E-state index is 12.7. The smallest absolute Gasteiger partial charge is 0.244 e. The van der Waals surface area contributed by atoms with Crippen LogP contribution in [0, 0.1) is 6.92 Å². The van der Waals surface area contributed by atoms with Gasteiger partial charge in [-0.2, -0.15) is 4.31 Å². The zero-order valence-electron chi connectivity index (χ0n) is 11.4. The van der Waals surface area contributed by atoms with Gasteiger partial charge >= 0.3 is 0 Å². The minimum absolute atomic E-state index is 0. The molecule has 0 aliphatic carbocycles. The average molecular weight is 339 g/mol. The van der Waals surface area contributed by atoms with Gasteiger partial charge in [-0.1, -0.05) is 30.2 Å². The van der Waals surface area contributed by atoms with Crippen LogP contribution in [0.25, 0.3) is 0 Å². The summed E-state index contributed by atoms with van der Waals surface area (Å²) < 4.78 is 26.9. The SMILES string of the molecule is Cc1cccc(S(=O)(=O)N2CCCCC2CN)c1Cl.Cl. The van der Waals surface area contributed by atoms with Crippen LogP contribution in [0.4, 0.5) is 0 Å². The van der Waals surface area contributed by atoms with Crippen molar-refractivity contribution in [2.75, 3.05) is 13.1 Å². The summed E-state index contributed by atoms with van der Waals surface area (Å²) in [6, 6.07) is 4.97. The summed E-state index contributed by atoms with van der Waals surface area (Å²) >= 11 is 6.15. The molecule has 1 aromatic carbocycles. The molecule has 0 radical (unpaired) electrons. The van der Waals surface area contributed by atoms with E-state index in [1.54, 1.807) is 25.1 Å². The highest BCUT2D eigenvalue weighted by atomic mass is 35.5. The predicted octanol–water partition coefficient (Wildman–Crippen LogP) is 2.57. The van der Waals surface area contributed by atoms with E-state index in [-0.39, 0.29) is 23.3 Å². The quantitative estimate of drug-likeness (QED) is 0.921. The van der Waals surface area contributed by atoms with Crippen molar-refractivity contribution < 1.29 is 8.42 Å². The molecule has 1 saturated heterocycles. The highest BCUT2D eigenvalue weighted by Crippen LogP contribution is 2.30. The van der Waals surface area contributed by atoms with Gasteiger partial charge in [0.1, 0.15) is 4.90 Å². The van der Waals surface area contributed by atoms with E-state index in [0.717, 1.165) is 24.8 Å². The minimum Gasteiger partial charge on any atom is -0.329 e. The number of piperidine rings is 1. The van der Waals surface area contributed by atoms with Gasteiger partial charge in [0.2, 0.25) is 10.0 Å². The number of rotatable bonds is 3. The molecule has 2 rings (SSSR count). The van der Waals surface area contributed by atoms with E-state index >= 15 is 0 Å². The Hall–Kier alpha value is -0.330. The Morgan fingerprint density at radius 2 is 2.10 bits per heavy atom. The molecule has 7 heteroatoms. The molecule has 1 unspecified atom stereocenters. The number of benzene rings is 1. The second-order valence-corrected chi connectivity index (χ2v) is 7.13. The Morgan fingerprint density at radius 1 is 1.40 bits per heavy atom. The molecule has 1 aliphatic rings. The first-order valence-corrected chi connectivity index (χ1v) is 8.27. The lowest BCUT2D eigenvalue weighted by atomic mass is 10.1. The maximum Gasteiger partial charge on any atom is 0.244 e. The second kappa shape index (κ2) is 7.09. The van der Waals surface area contributed by atoms with Crippen molar-refractivity contribution in [3.8, 4) is 0 Å². The Labute approximate surface area is 131 Å². The van der Waals surface area contributed by atoms with Crippen LogP contribution in [-0.2, 0) is 10.0 Å². The van der Waals surface area contributed by atoms with E-state index in [9.17, 15) is 8.42 Å². The molecule has 1 aromatic rings. The molecule has 4 nitrogen and oxygen atoms in total. The molecule has 1 aliphatic heterocycles. The van der Waals surface area contributed by atoms with Crippen LogP contribution in [0.3, 0.4) is 0 Å². The number of nitrogens with zero attached hydrogens (tertiary/aromatic N) is 1. The van der Waals surface area contributed by atoms with E-state index in [0.29, 0.717) is 18.1 Å². The van der Waals surface area contributed by atoms with E-state index in [1.165, 1.54) is 4.31 Å². The van der Waals surface area contributed by atoms with Crippen LogP contribution >= 0.6 is 24.0 Å². The molecule has 1 heterocycles. The second-order valence-electron chi connectivity index (χ2n) is 4.89. The Bertz CT molecular complexity index is 563. The topological polar surface area (TPSA) is 63.4 Å². The zero-order valence-corrected chi connectivity index (χ0v) is 13.8. The van der Waals surface area contributed by atoms with Crippen molar-refractivity contribution in [3.63, 3.8) is 0 Å². The van der Waals surface area contributed by atoms with Gasteiger partial charge in [-0.3, -0.25) is 0 Å². The fraction of sp³-hybridized carbons (Fsp3) is 0.538. The van der Waals surface area contributed by atoms with Crippen LogP contribution in [0.1, 0.15) is 24.8 Å². The summed E-state index contributed by atoms with van der Waals surface area (Å²) in [5, 5.41) is 0.309. The predicted molar refractivity (Wildman–Crippen MR) is 84.0 cm³/mol. The highest BCUT2D eigenvalue weighted by molar-refractivity contribution is 7.89. The molecule has 0 amide bonds. The largest absolute Gasteiger partial charge is 0.329 e. The van der Waals surface area contributed by atoms with Crippen molar-refractivity contribution in [2.24, 2.45) is 5.73 Å². The van der Waals surface area contributed by atoms with E-state index < -0.39 is 10.0 Å². The summed E-state index contributed by atoms with van der Waals surface area (Å²) in [7, 11) is -3.56. The highest BCUT2D eigenvalue weighted by Gasteiger charge is 2.34. The lowest BCUT2D eigenvalue weighted by Gasteiger charge is -2.34. The third kappa shape index (κ3) is 3.28. The van der Waals surface area contributed by atoms with Crippen LogP contribution in [0.2, 0.25) is 5.02 Å². The number of hydrogen-bond donors (Lipinski definition) is 1. The molecule has 20 heavy (non-hydrogen) atoms. The van der Waals surface area contributed by atoms with Crippen molar-refractivity contribution in [2.45, 2.75) is 37.1 Å². The summed E-state index contributed by atoms with van der Waals surface area (Å²) in [5.41, 5.74) is 6.46. The van der Waals surface area contributed by atoms with Crippen LogP contribution in [0.15, 0.2) is 23.1 Å². The summed E-state index contributed by atoms with van der Waals surface area (Å²) in [4.78, 5) is 0.189. The first kappa shape index (κ1) is 17.7. The monoisotopic (exact) mass is 338 g/mol. The average Bonchev–Trinajstić information content (AvgIpc) is 2.41. The molecule has 0 saturated carbocycles. The van der Waals surface area contributed by atoms with Gasteiger partial charge in [0.05, 0.1) is 5.02 Å². The normalized spacial score (nSPS) is 20.4. The van der Waals surface area contributed by atoms with Crippen LogP contribution < -0.4 is 5.73 Å². The molecule has 1 fully saturated rings. The molecule has 0 aromatic heterocycles. The standard InChI is InChI=1S/C13H19ClN2O2S.ClH/c1-10-5-4-7-12(13(10)14)19(17,18)16-8-3-2-6-11(16)9-15;/h4-5,7,11H,2-3,6,8-9,15H2,1H3;1H. The first-order valence-electron chi connectivity index (χ1n) is 6.45. The van der Waals surface area contributed by atoms with E-state index in [2.05, 4.69) is 0 Å². The van der Waals surface area contributed by atoms with Crippen molar-refractivity contribution >= 4 is 34.0 Å². The Balaban J connectivity index is 0.00000200. The van der Waals surface area contributed by atoms with Gasteiger partial charge in [0.25, 0.3) is 0 Å². The molecular weight excluding hydrogens is 319 g/mol. The first-order chi connectivity index (χ1) is 8.98. The third-order valence-corrected chi connectivity index (χ3v) is 6.20. The van der Waals surface area contributed by atoms with Gasteiger partial charge in [0, 0.05) is 19.1 Å². The van der Waals surface area contributed by atoms with Crippen molar-refractivity contribution in [3.05, 3.63) is 28.8 Å². The number of nitrogens with two attached hydrogens (primary N) is 1. The summed E-state index contributed by atoms with van der Waals surface area (Å²) in [6.45, 7) is 2.68. The summed E-state index contributed by atoms with van der Waals surface area (Å²) in [6.07, 6.45) is 2.72.